The van der Waals surface area contributed by atoms with Gasteiger partial charge < -0.3 is 9.84 Å². The number of fused-ring (bicyclic) bond motifs is 2. The van der Waals surface area contributed by atoms with E-state index in [2.05, 4.69) is 35.2 Å². The minimum atomic E-state index is -0.449. The minimum absolute atomic E-state index is 0.375. The summed E-state index contributed by atoms with van der Waals surface area (Å²) in [6.45, 7) is 2.58. The molecule has 2 unspecified atom stereocenters. The molecule has 27 heavy (non-hydrogen) atoms. The molecule has 2 aliphatic heterocycles. The molecule has 2 heterocycles. The second-order valence-corrected chi connectivity index (χ2v) is 10.5. The molecule has 0 amide bonds. The van der Waals surface area contributed by atoms with Gasteiger partial charge in [-0.1, -0.05) is 30.3 Å². The number of piperidine rings is 1. The molecule has 0 spiro atoms. The van der Waals surface area contributed by atoms with Gasteiger partial charge in [-0.05, 0) is 80.1 Å². The van der Waals surface area contributed by atoms with Crippen LogP contribution in [0.2, 0.25) is 0 Å². The number of morpholine rings is 1. The quantitative estimate of drug-likeness (QED) is 0.881. The van der Waals surface area contributed by atoms with E-state index in [-0.39, 0.29) is 0 Å². The van der Waals surface area contributed by atoms with Gasteiger partial charge in [0, 0.05) is 18.6 Å². The van der Waals surface area contributed by atoms with Gasteiger partial charge in [0.05, 0.1) is 18.8 Å². The molecular formula is C24H33NO2. The van der Waals surface area contributed by atoms with Crippen LogP contribution in [0.15, 0.2) is 30.3 Å². The molecule has 2 atom stereocenters. The third kappa shape index (κ3) is 2.81. The molecule has 7 rings (SSSR count). The van der Waals surface area contributed by atoms with Crippen molar-refractivity contribution in [1.82, 2.24) is 4.90 Å². The molecule has 6 fully saturated rings. The number of nitrogens with zero attached hydrogens (tertiary/aromatic N) is 1. The zero-order chi connectivity index (χ0) is 18.0. The number of benzene rings is 1. The average Bonchev–Trinajstić information content (AvgIpc) is 2.63. The summed E-state index contributed by atoms with van der Waals surface area (Å²) in [6.07, 6.45) is 8.94. The van der Waals surface area contributed by atoms with Gasteiger partial charge in [-0.3, -0.25) is 4.90 Å². The van der Waals surface area contributed by atoms with Gasteiger partial charge in [-0.2, -0.15) is 0 Å². The molecule has 6 aliphatic rings. The Kier molecular flexibility index (Phi) is 3.97. The normalized spacial score (nSPS) is 48.7. The summed E-state index contributed by atoms with van der Waals surface area (Å²) in [4.78, 5) is 2.64. The molecule has 4 aliphatic carbocycles. The van der Waals surface area contributed by atoms with Crippen LogP contribution in [0.5, 0.6) is 0 Å². The molecule has 3 nitrogen and oxygen atoms in total. The molecule has 1 N–H and O–H groups in total. The largest absolute Gasteiger partial charge is 0.389 e. The van der Waals surface area contributed by atoms with E-state index < -0.39 is 5.60 Å². The lowest BCUT2D eigenvalue weighted by Crippen LogP contribution is -2.66. The maximum atomic E-state index is 12.0. The Balaban J connectivity index is 1.25. The van der Waals surface area contributed by atoms with E-state index in [9.17, 15) is 5.11 Å². The molecule has 4 saturated carbocycles. The standard InChI is InChI=1S/C24H33NO2/c26-24(23-19-7-17-6-18(9-19)10-20(23)8-17)11-21-14-27-15-22(12-24)25(21)13-16-4-2-1-3-5-16/h1-5,17-23,26H,6-15H2. The zero-order valence-corrected chi connectivity index (χ0v) is 16.3. The van der Waals surface area contributed by atoms with E-state index in [0.29, 0.717) is 18.0 Å². The fourth-order valence-corrected chi connectivity index (χ4v) is 8.21. The number of hydrogen-bond donors (Lipinski definition) is 1. The maximum Gasteiger partial charge on any atom is 0.0712 e. The summed E-state index contributed by atoms with van der Waals surface area (Å²) in [6, 6.07) is 11.6. The lowest BCUT2D eigenvalue weighted by Gasteiger charge is -2.62. The molecule has 0 radical (unpaired) electrons. The molecular weight excluding hydrogens is 334 g/mol. The van der Waals surface area contributed by atoms with Crippen molar-refractivity contribution in [2.75, 3.05) is 13.2 Å². The van der Waals surface area contributed by atoms with Crippen LogP contribution in [0.1, 0.15) is 50.5 Å². The minimum Gasteiger partial charge on any atom is -0.389 e. The van der Waals surface area contributed by atoms with Crippen molar-refractivity contribution < 1.29 is 9.84 Å². The lowest BCUT2D eigenvalue weighted by molar-refractivity contribution is -0.206. The average molecular weight is 368 g/mol. The third-order valence-corrected chi connectivity index (χ3v) is 8.79. The lowest BCUT2D eigenvalue weighted by atomic mass is 9.47. The second kappa shape index (κ2) is 6.30. The highest BCUT2D eigenvalue weighted by Gasteiger charge is 2.58. The Labute approximate surface area is 163 Å². The van der Waals surface area contributed by atoms with Crippen molar-refractivity contribution in [2.24, 2.45) is 29.6 Å². The highest BCUT2D eigenvalue weighted by molar-refractivity contribution is 5.16. The summed E-state index contributed by atoms with van der Waals surface area (Å²) in [5.41, 5.74) is 0.934. The molecule has 1 aromatic carbocycles. The van der Waals surface area contributed by atoms with E-state index in [0.717, 1.165) is 56.3 Å². The molecule has 1 aromatic rings. The fourth-order valence-electron chi connectivity index (χ4n) is 8.21. The van der Waals surface area contributed by atoms with Crippen molar-refractivity contribution in [3.63, 3.8) is 0 Å². The van der Waals surface area contributed by atoms with Gasteiger partial charge in [-0.25, -0.2) is 0 Å². The Hall–Kier alpha value is -0.900. The topological polar surface area (TPSA) is 32.7 Å². The molecule has 6 bridgehead atoms. The van der Waals surface area contributed by atoms with Gasteiger partial charge in [0.2, 0.25) is 0 Å². The molecule has 2 saturated heterocycles. The monoisotopic (exact) mass is 367 g/mol. The SMILES string of the molecule is OC1(C2C3CC4CC(C3)CC2C4)CC2COCC(C1)N2Cc1ccccc1. The Morgan fingerprint density at radius 1 is 0.889 bits per heavy atom. The van der Waals surface area contributed by atoms with Gasteiger partial charge in [0.1, 0.15) is 0 Å². The second-order valence-electron chi connectivity index (χ2n) is 10.5. The number of hydrogen-bond acceptors (Lipinski definition) is 3. The van der Waals surface area contributed by atoms with Gasteiger partial charge in [0.15, 0.2) is 0 Å². The van der Waals surface area contributed by atoms with Gasteiger partial charge in [-0.15, -0.1) is 0 Å². The molecule has 3 heteroatoms. The predicted octanol–water partition coefficient (Wildman–Crippen LogP) is 3.85. The first-order valence-corrected chi connectivity index (χ1v) is 11.3. The van der Waals surface area contributed by atoms with E-state index in [1.807, 2.05) is 0 Å². The number of ether oxygens (including phenoxy) is 1. The van der Waals surface area contributed by atoms with E-state index in [1.165, 1.54) is 37.7 Å². The van der Waals surface area contributed by atoms with E-state index in [4.69, 9.17) is 4.74 Å². The van der Waals surface area contributed by atoms with Crippen molar-refractivity contribution in [2.45, 2.75) is 69.2 Å². The number of aliphatic hydroxyl groups is 1. The predicted molar refractivity (Wildman–Crippen MR) is 105 cm³/mol. The first-order chi connectivity index (χ1) is 13.2. The van der Waals surface area contributed by atoms with Crippen LogP contribution >= 0.6 is 0 Å². The van der Waals surface area contributed by atoms with Gasteiger partial charge in [0.25, 0.3) is 0 Å². The van der Waals surface area contributed by atoms with Crippen LogP contribution in [-0.2, 0) is 11.3 Å². The van der Waals surface area contributed by atoms with Crippen LogP contribution in [0.3, 0.4) is 0 Å². The van der Waals surface area contributed by atoms with Crippen molar-refractivity contribution in [3.8, 4) is 0 Å². The summed E-state index contributed by atoms with van der Waals surface area (Å²) in [5.74, 6) is 4.12. The summed E-state index contributed by atoms with van der Waals surface area (Å²) >= 11 is 0. The summed E-state index contributed by atoms with van der Waals surface area (Å²) in [5, 5.41) is 12.0. The summed E-state index contributed by atoms with van der Waals surface area (Å²) in [7, 11) is 0. The molecule has 0 aromatic heterocycles. The van der Waals surface area contributed by atoms with Crippen LogP contribution in [0, 0.1) is 29.6 Å². The van der Waals surface area contributed by atoms with Crippen molar-refractivity contribution in [3.05, 3.63) is 35.9 Å². The van der Waals surface area contributed by atoms with Crippen LogP contribution in [0.25, 0.3) is 0 Å². The zero-order valence-electron chi connectivity index (χ0n) is 16.3. The van der Waals surface area contributed by atoms with Crippen LogP contribution < -0.4 is 0 Å². The first kappa shape index (κ1) is 17.0. The molecule has 146 valence electrons. The Morgan fingerprint density at radius 3 is 2.07 bits per heavy atom. The first-order valence-electron chi connectivity index (χ1n) is 11.3. The van der Waals surface area contributed by atoms with E-state index in [1.54, 1.807) is 0 Å². The highest BCUT2D eigenvalue weighted by atomic mass is 16.5. The van der Waals surface area contributed by atoms with Crippen molar-refractivity contribution in [1.29, 1.82) is 0 Å². The van der Waals surface area contributed by atoms with Gasteiger partial charge >= 0.3 is 0 Å². The van der Waals surface area contributed by atoms with Crippen molar-refractivity contribution >= 4 is 0 Å². The highest BCUT2D eigenvalue weighted by Crippen LogP contribution is 2.61. The van der Waals surface area contributed by atoms with Crippen LogP contribution in [0.4, 0.5) is 0 Å². The smallest absolute Gasteiger partial charge is 0.0712 e. The van der Waals surface area contributed by atoms with Crippen LogP contribution in [-0.4, -0.2) is 40.9 Å². The number of rotatable bonds is 3. The fraction of sp³-hybridized carbons (Fsp3) is 0.750. The Morgan fingerprint density at radius 2 is 1.48 bits per heavy atom. The summed E-state index contributed by atoms with van der Waals surface area (Å²) < 4.78 is 5.95. The van der Waals surface area contributed by atoms with E-state index >= 15 is 0 Å². The third-order valence-electron chi connectivity index (χ3n) is 8.79. The maximum absolute atomic E-state index is 12.0. The Bertz CT molecular complexity index is 647.